The largest absolute Gasteiger partial charge is 0.348 e. The summed E-state index contributed by atoms with van der Waals surface area (Å²) in [6.45, 7) is 3.72. The monoisotopic (exact) mass is 434 g/mol. The van der Waals surface area contributed by atoms with E-state index in [4.69, 9.17) is 11.6 Å². The maximum absolute atomic E-state index is 13.1. The Bertz CT molecular complexity index is 1010. The Kier molecular flexibility index (Phi) is 6.54. The van der Waals surface area contributed by atoms with Crippen molar-refractivity contribution in [2.24, 2.45) is 0 Å². The van der Waals surface area contributed by atoms with Crippen LogP contribution in [0.4, 0.5) is 5.69 Å². The molecule has 1 amide bonds. The predicted molar refractivity (Wildman–Crippen MR) is 118 cm³/mol. The SMILES string of the molecule is CC[C@H](C(=O)N[C@@H](C)c1ccc2c(c1)CCC2)N(c1cccc(Cl)c1)S(C)(=O)=O. The molecule has 2 aromatic carbocycles. The number of hydrogen-bond donors (Lipinski definition) is 1. The fourth-order valence-corrected chi connectivity index (χ4v) is 5.32. The molecule has 29 heavy (non-hydrogen) atoms. The lowest BCUT2D eigenvalue weighted by Gasteiger charge is -2.31. The first-order valence-corrected chi connectivity index (χ1v) is 12.1. The molecule has 2 aromatic rings. The molecule has 2 atom stereocenters. The van der Waals surface area contributed by atoms with Crippen LogP contribution in [0.25, 0.3) is 0 Å². The van der Waals surface area contributed by atoms with Gasteiger partial charge in [0.05, 0.1) is 18.0 Å². The van der Waals surface area contributed by atoms with Gasteiger partial charge in [-0.05, 0) is 67.5 Å². The molecule has 5 nitrogen and oxygen atoms in total. The lowest BCUT2D eigenvalue weighted by atomic mass is 10.0. The molecule has 1 N–H and O–H groups in total. The summed E-state index contributed by atoms with van der Waals surface area (Å²) >= 11 is 6.06. The van der Waals surface area contributed by atoms with Crippen molar-refractivity contribution in [3.8, 4) is 0 Å². The van der Waals surface area contributed by atoms with Gasteiger partial charge in [-0.25, -0.2) is 8.42 Å². The third-order valence-corrected chi connectivity index (χ3v) is 6.79. The fraction of sp³-hybridized carbons (Fsp3) is 0.409. The quantitative estimate of drug-likeness (QED) is 0.708. The van der Waals surface area contributed by atoms with E-state index >= 15 is 0 Å². The third kappa shape index (κ3) is 4.93. The highest BCUT2D eigenvalue weighted by Crippen LogP contribution is 2.27. The van der Waals surface area contributed by atoms with Crippen molar-refractivity contribution in [1.82, 2.24) is 5.32 Å². The van der Waals surface area contributed by atoms with E-state index < -0.39 is 16.1 Å². The summed E-state index contributed by atoms with van der Waals surface area (Å²) in [5.41, 5.74) is 4.13. The summed E-state index contributed by atoms with van der Waals surface area (Å²) in [5.74, 6) is -0.328. The summed E-state index contributed by atoms with van der Waals surface area (Å²) in [5, 5.41) is 3.41. The smallest absolute Gasteiger partial charge is 0.244 e. The van der Waals surface area contributed by atoms with Gasteiger partial charge in [-0.3, -0.25) is 9.10 Å². The molecule has 0 saturated heterocycles. The maximum Gasteiger partial charge on any atom is 0.244 e. The van der Waals surface area contributed by atoms with Gasteiger partial charge in [0.1, 0.15) is 6.04 Å². The molecule has 3 rings (SSSR count). The summed E-state index contributed by atoms with van der Waals surface area (Å²) < 4.78 is 26.2. The van der Waals surface area contributed by atoms with Crippen molar-refractivity contribution in [3.63, 3.8) is 0 Å². The first-order chi connectivity index (χ1) is 13.7. The Morgan fingerprint density at radius 1 is 1.17 bits per heavy atom. The van der Waals surface area contributed by atoms with Crippen LogP contribution in [-0.4, -0.2) is 26.6 Å². The molecule has 0 bridgehead atoms. The van der Waals surface area contributed by atoms with E-state index in [1.807, 2.05) is 13.0 Å². The lowest BCUT2D eigenvalue weighted by Crippen LogP contribution is -2.49. The van der Waals surface area contributed by atoms with E-state index in [1.165, 1.54) is 17.5 Å². The van der Waals surface area contributed by atoms with Crippen LogP contribution in [0.1, 0.15) is 49.4 Å². The van der Waals surface area contributed by atoms with E-state index in [0.29, 0.717) is 17.1 Å². The number of fused-ring (bicyclic) bond motifs is 1. The zero-order valence-electron chi connectivity index (χ0n) is 17.0. The van der Waals surface area contributed by atoms with Crippen LogP contribution < -0.4 is 9.62 Å². The van der Waals surface area contributed by atoms with E-state index in [1.54, 1.807) is 31.2 Å². The van der Waals surface area contributed by atoms with Crippen LogP contribution in [0.15, 0.2) is 42.5 Å². The van der Waals surface area contributed by atoms with E-state index in [-0.39, 0.29) is 11.9 Å². The van der Waals surface area contributed by atoms with Crippen LogP contribution in [0.5, 0.6) is 0 Å². The number of amides is 1. The predicted octanol–water partition coefficient (Wildman–Crippen LogP) is 4.25. The van der Waals surface area contributed by atoms with Crippen molar-refractivity contribution in [2.45, 2.75) is 51.6 Å². The molecule has 0 radical (unpaired) electrons. The Balaban J connectivity index is 1.84. The number of benzene rings is 2. The minimum atomic E-state index is -3.69. The minimum Gasteiger partial charge on any atom is -0.348 e. The standard InChI is InChI=1S/C22H27ClN2O3S/c1-4-21(25(29(3,27)28)20-10-6-9-19(23)14-20)22(26)24-15(2)17-12-11-16-7-5-8-18(16)13-17/h6,9-15,21H,4-5,7-8H2,1-3H3,(H,24,26)/t15-,21+/m0/s1. The number of nitrogens with zero attached hydrogens (tertiary/aromatic N) is 1. The van der Waals surface area contributed by atoms with E-state index in [9.17, 15) is 13.2 Å². The normalized spacial score (nSPS) is 15.4. The minimum absolute atomic E-state index is 0.219. The van der Waals surface area contributed by atoms with E-state index in [0.717, 1.165) is 29.0 Å². The highest BCUT2D eigenvalue weighted by molar-refractivity contribution is 7.92. The molecular weight excluding hydrogens is 408 g/mol. The van der Waals surface area contributed by atoms with Crippen LogP contribution in [0, 0.1) is 0 Å². The number of carbonyl (C=O) groups excluding carboxylic acids is 1. The number of carbonyl (C=O) groups is 1. The molecule has 0 fully saturated rings. The molecule has 0 saturated carbocycles. The van der Waals surface area contributed by atoms with Gasteiger partial charge in [0.15, 0.2) is 0 Å². The van der Waals surface area contributed by atoms with E-state index in [2.05, 4.69) is 17.4 Å². The van der Waals surface area contributed by atoms with Crippen LogP contribution >= 0.6 is 11.6 Å². The van der Waals surface area contributed by atoms with Gasteiger partial charge in [-0.15, -0.1) is 0 Å². The second-order valence-electron chi connectivity index (χ2n) is 7.57. The van der Waals surface area contributed by atoms with Crippen LogP contribution in [-0.2, 0) is 27.7 Å². The zero-order chi connectivity index (χ0) is 21.2. The van der Waals surface area contributed by atoms with Crippen LogP contribution in [0.2, 0.25) is 5.02 Å². The molecule has 0 unspecified atom stereocenters. The highest BCUT2D eigenvalue weighted by atomic mass is 35.5. The third-order valence-electron chi connectivity index (χ3n) is 5.37. The van der Waals surface area contributed by atoms with Crippen molar-refractivity contribution < 1.29 is 13.2 Å². The summed E-state index contributed by atoms with van der Waals surface area (Å²) in [6, 6.07) is 11.8. The van der Waals surface area contributed by atoms with Crippen molar-refractivity contribution >= 4 is 33.2 Å². The highest BCUT2D eigenvalue weighted by Gasteiger charge is 2.32. The van der Waals surface area contributed by atoms with Gasteiger partial charge in [0.2, 0.25) is 15.9 Å². The first-order valence-electron chi connectivity index (χ1n) is 9.87. The Morgan fingerprint density at radius 2 is 1.90 bits per heavy atom. The molecule has 1 aliphatic rings. The second kappa shape index (κ2) is 8.76. The summed E-state index contributed by atoms with van der Waals surface area (Å²) in [6.07, 6.45) is 4.78. The maximum atomic E-state index is 13.1. The Hall–Kier alpha value is -2.05. The first kappa shape index (κ1) is 21.7. The van der Waals surface area contributed by atoms with Crippen molar-refractivity contribution in [2.75, 3.05) is 10.6 Å². The zero-order valence-corrected chi connectivity index (χ0v) is 18.6. The summed E-state index contributed by atoms with van der Waals surface area (Å²) in [7, 11) is -3.69. The average Bonchev–Trinajstić information content (AvgIpc) is 3.12. The number of anilines is 1. The van der Waals surface area contributed by atoms with Crippen LogP contribution in [0.3, 0.4) is 0 Å². The molecule has 0 heterocycles. The van der Waals surface area contributed by atoms with Gasteiger partial charge in [-0.1, -0.05) is 42.8 Å². The summed E-state index contributed by atoms with van der Waals surface area (Å²) in [4.78, 5) is 13.1. The molecule has 1 aliphatic carbocycles. The van der Waals surface area contributed by atoms with Gasteiger partial charge < -0.3 is 5.32 Å². The molecule has 0 aromatic heterocycles. The topological polar surface area (TPSA) is 66.5 Å². The molecule has 0 aliphatic heterocycles. The molecule has 0 spiro atoms. The number of rotatable bonds is 7. The fourth-order valence-electron chi connectivity index (χ4n) is 3.93. The number of halogens is 1. The molecular formula is C22H27ClN2O3S. The Labute approximate surface area is 178 Å². The average molecular weight is 435 g/mol. The number of sulfonamides is 1. The van der Waals surface area contributed by atoms with Crippen molar-refractivity contribution in [1.29, 1.82) is 0 Å². The van der Waals surface area contributed by atoms with Gasteiger partial charge in [0, 0.05) is 5.02 Å². The number of aryl methyl sites for hydroxylation is 2. The van der Waals surface area contributed by atoms with Gasteiger partial charge >= 0.3 is 0 Å². The number of nitrogens with one attached hydrogen (secondary N) is 1. The molecule has 156 valence electrons. The van der Waals surface area contributed by atoms with Crippen molar-refractivity contribution in [3.05, 3.63) is 64.2 Å². The van der Waals surface area contributed by atoms with Gasteiger partial charge in [-0.2, -0.15) is 0 Å². The Morgan fingerprint density at radius 3 is 2.55 bits per heavy atom. The second-order valence-corrected chi connectivity index (χ2v) is 9.87. The lowest BCUT2D eigenvalue weighted by molar-refractivity contribution is -0.122. The molecule has 7 heteroatoms. The van der Waals surface area contributed by atoms with Gasteiger partial charge in [0.25, 0.3) is 0 Å². The number of hydrogen-bond acceptors (Lipinski definition) is 3.